The van der Waals surface area contributed by atoms with Gasteiger partial charge in [0.2, 0.25) is 11.9 Å². The average Bonchev–Trinajstić information content (AvgIpc) is 3.17. The molecule has 2 aliphatic heterocycles. The van der Waals surface area contributed by atoms with E-state index in [9.17, 15) is 14.7 Å². The van der Waals surface area contributed by atoms with Crippen molar-refractivity contribution in [3.05, 3.63) is 114 Å². The Bertz CT molecular complexity index is 1700. The standard InChI is InChI=1S/C40H47N5O6/c46-28-29-11-13-31(14-12-29)36-25-34(27-44-21-23-45(24-22-44)40-41-19-6-20-42-40)50-39(51-36)32-17-15-30(16-18-32)35-8-5-4-7-33(35)26-43-37(47)9-2-1-3-10-38(48)49/h4-8,11-20,34,36,39,46H,1-3,9-10,21-28H2,(H,43,47)(H,48,49)/t34-,36+,39+/m0/s1. The van der Waals surface area contributed by atoms with Crippen molar-refractivity contribution in [3.8, 4) is 11.1 Å². The summed E-state index contributed by atoms with van der Waals surface area (Å²) in [5.41, 5.74) is 5.93. The summed E-state index contributed by atoms with van der Waals surface area (Å²) >= 11 is 0. The number of hydrogen-bond acceptors (Lipinski definition) is 9. The molecule has 0 spiro atoms. The van der Waals surface area contributed by atoms with Gasteiger partial charge in [-0.2, -0.15) is 0 Å². The maximum absolute atomic E-state index is 12.5. The van der Waals surface area contributed by atoms with Gasteiger partial charge < -0.3 is 29.9 Å². The average molecular weight is 694 g/mol. The summed E-state index contributed by atoms with van der Waals surface area (Å²) in [4.78, 5) is 36.7. The van der Waals surface area contributed by atoms with E-state index in [1.165, 1.54) is 0 Å². The van der Waals surface area contributed by atoms with Gasteiger partial charge in [0.05, 0.1) is 18.8 Å². The highest BCUT2D eigenvalue weighted by atomic mass is 16.7. The molecule has 0 radical (unpaired) electrons. The number of aromatic nitrogens is 2. The molecule has 0 unspecified atom stereocenters. The monoisotopic (exact) mass is 693 g/mol. The van der Waals surface area contributed by atoms with Gasteiger partial charge >= 0.3 is 5.97 Å². The number of aliphatic hydroxyl groups excluding tert-OH is 1. The Kier molecular flexibility index (Phi) is 12.8. The lowest BCUT2D eigenvalue weighted by molar-refractivity contribution is -0.253. The van der Waals surface area contributed by atoms with E-state index in [1.54, 1.807) is 12.4 Å². The fourth-order valence-corrected chi connectivity index (χ4v) is 6.70. The third-order valence-electron chi connectivity index (χ3n) is 9.57. The van der Waals surface area contributed by atoms with Crippen LogP contribution < -0.4 is 10.2 Å². The van der Waals surface area contributed by atoms with E-state index >= 15 is 0 Å². The smallest absolute Gasteiger partial charge is 0.303 e. The molecule has 11 heteroatoms. The van der Waals surface area contributed by atoms with E-state index in [1.807, 2.05) is 48.5 Å². The van der Waals surface area contributed by atoms with Crippen molar-refractivity contribution in [2.75, 3.05) is 37.6 Å². The fraction of sp³-hybridized carbons (Fsp3) is 0.400. The normalized spacial score (nSPS) is 19.5. The zero-order valence-corrected chi connectivity index (χ0v) is 28.9. The number of piperazine rings is 1. The number of anilines is 1. The van der Waals surface area contributed by atoms with Crippen molar-refractivity contribution < 1.29 is 29.3 Å². The van der Waals surface area contributed by atoms with Crippen LogP contribution in [0.3, 0.4) is 0 Å². The molecule has 1 amide bonds. The molecule has 6 rings (SSSR count). The Balaban J connectivity index is 1.10. The van der Waals surface area contributed by atoms with Crippen molar-refractivity contribution in [2.24, 2.45) is 0 Å². The van der Waals surface area contributed by atoms with Crippen molar-refractivity contribution in [1.82, 2.24) is 20.2 Å². The number of hydrogen-bond donors (Lipinski definition) is 3. The minimum atomic E-state index is -0.804. The van der Waals surface area contributed by atoms with Crippen LogP contribution in [0.4, 0.5) is 5.95 Å². The first-order valence-corrected chi connectivity index (χ1v) is 17.9. The number of nitrogens with zero attached hydrogens (tertiary/aromatic N) is 4. The summed E-state index contributed by atoms with van der Waals surface area (Å²) in [5, 5.41) is 21.4. The number of aliphatic carboxylic acids is 1. The van der Waals surface area contributed by atoms with E-state index in [0.717, 1.165) is 84.9 Å². The van der Waals surface area contributed by atoms with E-state index in [0.29, 0.717) is 25.8 Å². The Hall–Kier alpha value is -4.68. The molecular formula is C40H47N5O6. The van der Waals surface area contributed by atoms with Gasteiger partial charge in [-0.15, -0.1) is 0 Å². The van der Waals surface area contributed by atoms with Gasteiger partial charge in [0.15, 0.2) is 6.29 Å². The van der Waals surface area contributed by atoms with E-state index in [2.05, 4.69) is 55.4 Å². The first-order valence-electron chi connectivity index (χ1n) is 17.9. The minimum Gasteiger partial charge on any atom is -0.481 e. The highest BCUT2D eigenvalue weighted by Crippen LogP contribution is 2.39. The largest absolute Gasteiger partial charge is 0.481 e. The van der Waals surface area contributed by atoms with Crippen molar-refractivity contribution in [2.45, 2.75) is 70.2 Å². The Morgan fingerprint density at radius 1 is 0.804 bits per heavy atom. The molecule has 4 aromatic rings. The van der Waals surface area contributed by atoms with Gasteiger partial charge in [-0.05, 0) is 46.7 Å². The highest BCUT2D eigenvalue weighted by Gasteiger charge is 2.34. The molecule has 0 saturated carbocycles. The third-order valence-corrected chi connectivity index (χ3v) is 9.57. The molecule has 3 atom stereocenters. The number of benzene rings is 3. The lowest BCUT2D eigenvalue weighted by atomic mass is 9.97. The van der Waals surface area contributed by atoms with Crippen molar-refractivity contribution in [3.63, 3.8) is 0 Å². The molecule has 11 nitrogen and oxygen atoms in total. The molecule has 3 aromatic carbocycles. The van der Waals surface area contributed by atoms with Crippen molar-refractivity contribution in [1.29, 1.82) is 0 Å². The first-order chi connectivity index (χ1) is 24.9. The van der Waals surface area contributed by atoms with Crippen LogP contribution in [-0.2, 0) is 32.2 Å². The Morgan fingerprint density at radius 3 is 2.24 bits per heavy atom. The predicted molar refractivity (Wildman–Crippen MR) is 194 cm³/mol. The predicted octanol–water partition coefficient (Wildman–Crippen LogP) is 5.65. The van der Waals surface area contributed by atoms with Gasteiger partial charge in [0.25, 0.3) is 0 Å². The first kappa shape index (κ1) is 36.1. The molecule has 0 aliphatic carbocycles. The second-order valence-corrected chi connectivity index (χ2v) is 13.2. The quantitative estimate of drug-likeness (QED) is 0.134. The molecule has 3 heterocycles. The number of carbonyl (C=O) groups excluding carboxylic acids is 1. The molecule has 2 fully saturated rings. The second-order valence-electron chi connectivity index (χ2n) is 13.2. The van der Waals surface area contributed by atoms with Gasteiger partial charge in [-0.25, -0.2) is 9.97 Å². The van der Waals surface area contributed by atoms with Crippen LogP contribution in [0.15, 0.2) is 91.3 Å². The van der Waals surface area contributed by atoms with Crippen LogP contribution in [0.25, 0.3) is 11.1 Å². The number of carboxylic acids is 1. The van der Waals surface area contributed by atoms with Gasteiger partial charge in [0, 0.05) is 76.5 Å². The Morgan fingerprint density at radius 2 is 1.51 bits per heavy atom. The van der Waals surface area contributed by atoms with Crippen LogP contribution in [0.5, 0.6) is 0 Å². The topological polar surface area (TPSA) is 137 Å². The second kappa shape index (κ2) is 18.0. The molecular weight excluding hydrogens is 646 g/mol. The van der Waals surface area contributed by atoms with Gasteiger partial charge in [-0.3, -0.25) is 14.5 Å². The van der Waals surface area contributed by atoms with E-state index < -0.39 is 12.3 Å². The number of carbonyl (C=O) groups is 2. The zero-order chi connectivity index (χ0) is 35.4. The molecule has 51 heavy (non-hydrogen) atoms. The van der Waals surface area contributed by atoms with E-state index in [-0.39, 0.29) is 31.1 Å². The molecule has 3 N–H and O–H groups in total. The summed E-state index contributed by atoms with van der Waals surface area (Å²) in [7, 11) is 0. The third kappa shape index (κ3) is 10.2. The summed E-state index contributed by atoms with van der Waals surface area (Å²) in [6, 6.07) is 26.1. The van der Waals surface area contributed by atoms with Crippen LogP contribution in [0, 0.1) is 0 Å². The fourth-order valence-electron chi connectivity index (χ4n) is 6.70. The van der Waals surface area contributed by atoms with E-state index in [4.69, 9.17) is 14.6 Å². The Labute approximate surface area is 299 Å². The number of nitrogens with one attached hydrogen (secondary N) is 1. The lowest BCUT2D eigenvalue weighted by Crippen LogP contribution is -2.50. The zero-order valence-electron chi connectivity index (χ0n) is 28.9. The van der Waals surface area contributed by atoms with Crippen LogP contribution in [0.1, 0.15) is 73.2 Å². The summed E-state index contributed by atoms with van der Waals surface area (Å²) in [6.45, 7) is 4.67. The molecule has 0 bridgehead atoms. The highest BCUT2D eigenvalue weighted by molar-refractivity contribution is 5.76. The van der Waals surface area contributed by atoms with Gasteiger partial charge in [-0.1, -0.05) is 79.2 Å². The lowest BCUT2D eigenvalue weighted by Gasteiger charge is -2.40. The van der Waals surface area contributed by atoms with Crippen LogP contribution in [-0.4, -0.2) is 75.8 Å². The van der Waals surface area contributed by atoms with Crippen LogP contribution in [0.2, 0.25) is 0 Å². The molecule has 2 aliphatic rings. The summed E-state index contributed by atoms with van der Waals surface area (Å²) < 4.78 is 13.3. The number of carboxylic acid groups (broad SMARTS) is 1. The summed E-state index contributed by atoms with van der Waals surface area (Å²) in [5.74, 6) is -0.0742. The maximum Gasteiger partial charge on any atom is 0.303 e. The minimum absolute atomic E-state index is 0.00179. The van der Waals surface area contributed by atoms with Crippen LogP contribution >= 0.6 is 0 Å². The molecule has 268 valence electrons. The summed E-state index contributed by atoms with van der Waals surface area (Å²) in [6.07, 6.45) is 6.00. The SMILES string of the molecule is O=C(O)CCCCCC(=O)NCc1ccccc1-c1ccc([C@@H]2O[C@H](CN3CCN(c4ncccn4)CC3)C[C@H](c3ccc(CO)cc3)O2)cc1. The van der Waals surface area contributed by atoms with Crippen molar-refractivity contribution >= 4 is 17.8 Å². The maximum atomic E-state index is 12.5. The number of ether oxygens (including phenoxy) is 2. The number of amides is 1. The van der Waals surface area contributed by atoms with Gasteiger partial charge in [0.1, 0.15) is 0 Å². The number of unbranched alkanes of at least 4 members (excludes halogenated alkanes) is 2. The molecule has 2 saturated heterocycles. The molecule has 1 aromatic heterocycles. The number of rotatable bonds is 15. The number of aliphatic hydroxyl groups is 1.